The van der Waals surface area contributed by atoms with Crippen LogP contribution >= 0.6 is 11.6 Å². The minimum absolute atomic E-state index is 0.0690. The van der Waals surface area contributed by atoms with Gasteiger partial charge in [0.25, 0.3) is 0 Å². The zero-order valence-corrected chi connectivity index (χ0v) is 13.6. The molecule has 0 radical (unpaired) electrons. The third-order valence-electron chi connectivity index (χ3n) is 3.27. The first kappa shape index (κ1) is 16.5. The van der Waals surface area contributed by atoms with Crippen molar-refractivity contribution in [3.8, 4) is 0 Å². The summed E-state index contributed by atoms with van der Waals surface area (Å²) in [6, 6.07) is 9.39. The molecule has 0 saturated heterocycles. The Labute approximate surface area is 135 Å². The van der Waals surface area contributed by atoms with Crippen molar-refractivity contribution in [2.45, 2.75) is 26.8 Å². The molecule has 22 heavy (non-hydrogen) atoms. The molecule has 6 heteroatoms. The van der Waals surface area contributed by atoms with Crippen LogP contribution in [0.1, 0.15) is 31.1 Å². The van der Waals surface area contributed by atoms with Gasteiger partial charge in [-0.1, -0.05) is 42.7 Å². The van der Waals surface area contributed by atoms with E-state index in [1.807, 2.05) is 24.3 Å². The number of aromatic nitrogens is 1. The molecule has 0 aliphatic carbocycles. The Bertz CT molecular complexity index is 623. The average molecular weight is 322 g/mol. The number of nitrogens with one attached hydrogen (secondary N) is 2. The lowest BCUT2D eigenvalue weighted by atomic mass is 9.96. The molecule has 1 unspecified atom stereocenters. The van der Waals surface area contributed by atoms with Gasteiger partial charge >= 0.3 is 0 Å². The van der Waals surface area contributed by atoms with E-state index in [-0.39, 0.29) is 18.5 Å². The van der Waals surface area contributed by atoms with Gasteiger partial charge in [-0.25, -0.2) is 0 Å². The van der Waals surface area contributed by atoms with Crippen LogP contribution in [0, 0.1) is 12.8 Å². The van der Waals surface area contributed by atoms with E-state index >= 15 is 0 Å². The number of hydrogen-bond donors (Lipinski definition) is 2. The first-order valence-corrected chi connectivity index (χ1v) is 7.55. The second-order valence-corrected chi connectivity index (χ2v) is 5.97. The normalized spacial score (nSPS) is 12.4. The quantitative estimate of drug-likeness (QED) is 0.853. The van der Waals surface area contributed by atoms with Crippen LogP contribution in [0.2, 0.25) is 5.02 Å². The van der Waals surface area contributed by atoms with Crippen LogP contribution < -0.4 is 10.6 Å². The second-order valence-electron chi connectivity index (χ2n) is 5.53. The number of hydrogen-bond acceptors (Lipinski definition) is 4. The van der Waals surface area contributed by atoms with Crippen molar-refractivity contribution in [1.82, 2.24) is 10.5 Å². The number of anilines is 1. The van der Waals surface area contributed by atoms with Gasteiger partial charge in [-0.15, -0.1) is 0 Å². The molecule has 1 atom stereocenters. The molecule has 2 N–H and O–H groups in total. The molecule has 1 amide bonds. The zero-order chi connectivity index (χ0) is 16.1. The van der Waals surface area contributed by atoms with Crippen molar-refractivity contribution < 1.29 is 9.32 Å². The van der Waals surface area contributed by atoms with Gasteiger partial charge in [0.05, 0.1) is 12.2 Å². The summed E-state index contributed by atoms with van der Waals surface area (Å²) in [7, 11) is 0. The van der Waals surface area contributed by atoms with E-state index in [0.717, 1.165) is 11.3 Å². The predicted octanol–water partition coefficient (Wildman–Crippen LogP) is 3.56. The standard InChI is InChI=1S/C16H20ClN3O2/c1-10(2)16(12-4-6-13(17)7-5-12)18-9-14(21)19-15-8-11(3)20-22-15/h4-8,10,16,18H,9H2,1-3H3,(H,19,21). The number of carbonyl (C=O) groups is 1. The Morgan fingerprint density at radius 2 is 2.00 bits per heavy atom. The van der Waals surface area contributed by atoms with Gasteiger partial charge in [0.1, 0.15) is 0 Å². The van der Waals surface area contributed by atoms with Gasteiger partial charge in [0.2, 0.25) is 11.8 Å². The van der Waals surface area contributed by atoms with Crippen molar-refractivity contribution in [2.24, 2.45) is 5.92 Å². The lowest BCUT2D eigenvalue weighted by Crippen LogP contribution is -2.33. The van der Waals surface area contributed by atoms with Crippen LogP contribution in [0.15, 0.2) is 34.9 Å². The molecule has 1 heterocycles. The molecular formula is C16H20ClN3O2. The lowest BCUT2D eigenvalue weighted by molar-refractivity contribution is -0.115. The highest BCUT2D eigenvalue weighted by Gasteiger charge is 2.17. The molecule has 1 aromatic carbocycles. The van der Waals surface area contributed by atoms with Crippen LogP contribution in [-0.4, -0.2) is 17.6 Å². The minimum atomic E-state index is -0.171. The van der Waals surface area contributed by atoms with E-state index in [4.69, 9.17) is 16.1 Å². The summed E-state index contributed by atoms with van der Waals surface area (Å²) in [5.74, 6) is 0.522. The maximum atomic E-state index is 12.0. The molecule has 0 fully saturated rings. The zero-order valence-electron chi connectivity index (χ0n) is 12.9. The molecule has 0 aliphatic heterocycles. The van der Waals surface area contributed by atoms with Crippen molar-refractivity contribution in [3.05, 3.63) is 46.6 Å². The Balaban J connectivity index is 1.94. The van der Waals surface area contributed by atoms with E-state index < -0.39 is 0 Å². The summed E-state index contributed by atoms with van der Waals surface area (Å²) in [6.45, 7) is 6.19. The van der Waals surface area contributed by atoms with E-state index in [1.54, 1.807) is 13.0 Å². The van der Waals surface area contributed by atoms with E-state index in [9.17, 15) is 4.79 Å². The summed E-state index contributed by atoms with van der Waals surface area (Å²) in [5, 5.41) is 10.4. The van der Waals surface area contributed by atoms with E-state index in [0.29, 0.717) is 16.8 Å². The lowest BCUT2D eigenvalue weighted by Gasteiger charge is -2.22. The highest BCUT2D eigenvalue weighted by atomic mass is 35.5. The number of carbonyl (C=O) groups excluding carboxylic acids is 1. The van der Waals surface area contributed by atoms with Gasteiger partial charge in [0.15, 0.2) is 0 Å². The van der Waals surface area contributed by atoms with Gasteiger partial charge in [0, 0.05) is 17.1 Å². The maximum Gasteiger partial charge on any atom is 0.240 e. The Morgan fingerprint density at radius 1 is 1.32 bits per heavy atom. The van der Waals surface area contributed by atoms with Crippen LogP contribution in [0.4, 0.5) is 5.88 Å². The fourth-order valence-corrected chi connectivity index (χ4v) is 2.34. The molecule has 118 valence electrons. The first-order chi connectivity index (χ1) is 10.5. The SMILES string of the molecule is Cc1cc(NC(=O)CNC(c2ccc(Cl)cc2)C(C)C)on1. The summed E-state index contributed by atoms with van der Waals surface area (Å²) in [6.07, 6.45) is 0. The fraction of sp³-hybridized carbons (Fsp3) is 0.375. The molecule has 1 aromatic heterocycles. The summed E-state index contributed by atoms with van der Waals surface area (Å²) < 4.78 is 4.96. The summed E-state index contributed by atoms with van der Waals surface area (Å²) in [5.41, 5.74) is 1.83. The molecule has 0 saturated carbocycles. The highest BCUT2D eigenvalue weighted by Crippen LogP contribution is 2.23. The Kier molecular flexibility index (Phi) is 5.57. The molecule has 2 aromatic rings. The molecule has 2 rings (SSSR count). The van der Waals surface area contributed by atoms with Gasteiger partial charge in [-0.05, 0) is 30.5 Å². The van der Waals surface area contributed by atoms with Crippen molar-refractivity contribution in [3.63, 3.8) is 0 Å². The number of amides is 1. The molecule has 0 bridgehead atoms. The van der Waals surface area contributed by atoms with Gasteiger partial charge in [-0.3, -0.25) is 10.1 Å². The van der Waals surface area contributed by atoms with E-state index in [2.05, 4.69) is 29.6 Å². The predicted molar refractivity (Wildman–Crippen MR) is 86.9 cm³/mol. The highest BCUT2D eigenvalue weighted by molar-refractivity contribution is 6.30. The smallest absolute Gasteiger partial charge is 0.240 e. The number of rotatable bonds is 6. The monoisotopic (exact) mass is 321 g/mol. The van der Waals surface area contributed by atoms with Crippen LogP contribution in [0.25, 0.3) is 0 Å². The summed E-state index contributed by atoms with van der Waals surface area (Å²) >= 11 is 5.91. The topological polar surface area (TPSA) is 67.2 Å². The number of aryl methyl sites for hydroxylation is 1. The Hall–Kier alpha value is -1.85. The number of benzene rings is 1. The second kappa shape index (κ2) is 7.42. The van der Waals surface area contributed by atoms with Crippen LogP contribution in [-0.2, 0) is 4.79 Å². The average Bonchev–Trinajstić information content (AvgIpc) is 2.86. The molecular weight excluding hydrogens is 302 g/mol. The maximum absolute atomic E-state index is 12.0. The van der Waals surface area contributed by atoms with Gasteiger partial charge < -0.3 is 9.84 Å². The first-order valence-electron chi connectivity index (χ1n) is 7.17. The summed E-state index contributed by atoms with van der Waals surface area (Å²) in [4.78, 5) is 12.0. The molecule has 0 spiro atoms. The number of nitrogens with zero attached hydrogens (tertiary/aromatic N) is 1. The fourth-order valence-electron chi connectivity index (χ4n) is 2.22. The number of halogens is 1. The van der Waals surface area contributed by atoms with Crippen molar-refractivity contribution in [2.75, 3.05) is 11.9 Å². The molecule has 5 nitrogen and oxygen atoms in total. The van der Waals surface area contributed by atoms with E-state index in [1.165, 1.54) is 0 Å². The van der Waals surface area contributed by atoms with Crippen LogP contribution in [0.3, 0.4) is 0 Å². The third-order valence-corrected chi connectivity index (χ3v) is 3.52. The van der Waals surface area contributed by atoms with Crippen molar-refractivity contribution >= 4 is 23.4 Å². The van der Waals surface area contributed by atoms with Crippen LogP contribution in [0.5, 0.6) is 0 Å². The van der Waals surface area contributed by atoms with Gasteiger partial charge in [-0.2, -0.15) is 0 Å². The Morgan fingerprint density at radius 3 is 2.55 bits per heavy atom. The molecule has 0 aliphatic rings. The largest absolute Gasteiger partial charge is 0.338 e. The van der Waals surface area contributed by atoms with Crippen molar-refractivity contribution in [1.29, 1.82) is 0 Å². The third kappa shape index (κ3) is 4.58. The minimum Gasteiger partial charge on any atom is -0.338 e.